The molecule has 0 atom stereocenters. The first-order chi connectivity index (χ1) is 18.3. The molecule has 1 amide bonds. The van der Waals surface area contributed by atoms with Gasteiger partial charge in [-0.05, 0) is 50.6 Å². The number of thiophene rings is 1. The third-order valence-corrected chi connectivity index (χ3v) is 7.45. The molecule has 0 aliphatic carbocycles. The molecular formula is C28H27N5O4S. The van der Waals surface area contributed by atoms with Gasteiger partial charge in [-0.2, -0.15) is 0 Å². The normalized spacial score (nSPS) is 11.2. The van der Waals surface area contributed by atoms with E-state index in [1.807, 2.05) is 68.4 Å². The Morgan fingerprint density at radius 1 is 1.03 bits per heavy atom. The lowest BCUT2D eigenvalue weighted by Gasteiger charge is -2.08. The molecule has 0 spiro atoms. The van der Waals surface area contributed by atoms with Gasteiger partial charge in [-0.25, -0.2) is 9.67 Å². The van der Waals surface area contributed by atoms with Crippen LogP contribution in [0.25, 0.3) is 27.0 Å². The first-order valence-electron chi connectivity index (χ1n) is 12.2. The van der Waals surface area contributed by atoms with Crippen LogP contribution >= 0.6 is 11.3 Å². The minimum absolute atomic E-state index is 0.171. The topological polar surface area (TPSA) is 100 Å². The summed E-state index contributed by atoms with van der Waals surface area (Å²) in [5, 5.41) is 3.18. The molecule has 0 unspecified atom stereocenters. The van der Waals surface area contributed by atoms with Gasteiger partial charge in [0, 0.05) is 17.5 Å². The first-order valence-corrected chi connectivity index (χ1v) is 13.0. The molecule has 194 valence electrons. The summed E-state index contributed by atoms with van der Waals surface area (Å²) in [7, 11) is 1.75. The van der Waals surface area contributed by atoms with E-state index in [4.69, 9.17) is 4.74 Å². The number of hydrogen-bond acceptors (Lipinski definition) is 6. The highest BCUT2D eigenvalue weighted by atomic mass is 32.1. The quantitative estimate of drug-likeness (QED) is 0.339. The number of carbonyl (C=O) groups is 1. The monoisotopic (exact) mass is 529 g/mol. The van der Waals surface area contributed by atoms with Gasteiger partial charge in [0.1, 0.15) is 22.8 Å². The van der Waals surface area contributed by atoms with Crippen LogP contribution in [0.1, 0.15) is 17.5 Å². The van der Waals surface area contributed by atoms with E-state index in [1.54, 1.807) is 18.7 Å². The first kappa shape index (κ1) is 25.2. The number of fused-ring (bicyclic) bond motifs is 1. The van der Waals surface area contributed by atoms with Gasteiger partial charge >= 0.3 is 0 Å². The summed E-state index contributed by atoms with van der Waals surface area (Å²) in [5.41, 5.74) is 2.46. The largest absolute Gasteiger partial charge is 0.494 e. The number of ether oxygens (including phenoxy) is 1. The molecule has 3 heterocycles. The smallest absolute Gasteiger partial charge is 0.295 e. The van der Waals surface area contributed by atoms with Crippen molar-refractivity contribution in [3.05, 3.63) is 92.2 Å². The molecule has 10 heteroatoms. The Labute approximate surface area is 222 Å². The van der Waals surface area contributed by atoms with E-state index in [0.717, 1.165) is 21.8 Å². The number of para-hydroxylation sites is 1. The van der Waals surface area contributed by atoms with Crippen LogP contribution in [0.3, 0.4) is 0 Å². The van der Waals surface area contributed by atoms with Gasteiger partial charge in [0.2, 0.25) is 5.91 Å². The summed E-state index contributed by atoms with van der Waals surface area (Å²) in [6.07, 6.45) is 1.38. The molecule has 3 aromatic heterocycles. The van der Waals surface area contributed by atoms with E-state index >= 15 is 0 Å². The Balaban J connectivity index is 1.46. The molecule has 5 rings (SSSR count). The summed E-state index contributed by atoms with van der Waals surface area (Å²) < 4.78 is 9.98. The second-order valence-corrected chi connectivity index (χ2v) is 10.0. The Kier molecular flexibility index (Phi) is 6.73. The molecule has 0 radical (unpaired) electrons. The van der Waals surface area contributed by atoms with Crippen LogP contribution in [0.5, 0.6) is 5.75 Å². The summed E-state index contributed by atoms with van der Waals surface area (Å²) in [5.74, 6) is 0.261. The molecule has 0 saturated carbocycles. The SMILES string of the molecule is CCOc1ccc(-c2c(C)sc3ncn(CC(=O)Nc4c(C)n(C)n(-c5ccccc5)c4=O)c(=O)c23)cc1. The summed E-state index contributed by atoms with van der Waals surface area (Å²) in [6.45, 7) is 5.92. The summed E-state index contributed by atoms with van der Waals surface area (Å²) in [4.78, 5) is 45.7. The molecular weight excluding hydrogens is 502 g/mol. The van der Waals surface area contributed by atoms with Crippen molar-refractivity contribution in [3.63, 3.8) is 0 Å². The fourth-order valence-corrected chi connectivity index (χ4v) is 5.53. The molecule has 0 saturated heterocycles. The number of anilines is 1. The minimum atomic E-state index is -0.492. The Hall–Kier alpha value is -4.44. The van der Waals surface area contributed by atoms with Crippen LogP contribution in [-0.2, 0) is 18.4 Å². The number of carbonyl (C=O) groups excluding carboxylic acids is 1. The summed E-state index contributed by atoms with van der Waals surface area (Å²) in [6, 6.07) is 16.7. The van der Waals surface area contributed by atoms with Gasteiger partial charge in [-0.3, -0.25) is 23.6 Å². The van der Waals surface area contributed by atoms with Gasteiger partial charge in [0.15, 0.2) is 0 Å². The van der Waals surface area contributed by atoms with E-state index in [1.165, 1.54) is 26.9 Å². The number of hydrogen-bond donors (Lipinski definition) is 1. The fraction of sp³-hybridized carbons (Fsp3) is 0.214. The lowest BCUT2D eigenvalue weighted by atomic mass is 10.0. The number of rotatable bonds is 7. The van der Waals surface area contributed by atoms with Crippen molar-refractivity contribution in [2.45, 2.75) is 27.3 Å². The zero-order valence-electron chi connectivity index (χ0n) is 21.5. The minimum Gasteiger partial charge on any atom is -0.494 e. The highest BCUT2D eigenvalue weighted by molar-refractivity contribution is 7.19. The number of aromatic nitrogens is 4. The summed E-state index contributed by atoms with van der Waals surface area (Å²) >= 11 is 1.44. The maximum atomic E-state index is 13.5. The highest BCUT2D eigenvalue weighted by Crippen LogP contribution is 2.36. The molecule has 2 aromatic carbocycles. The van der Waals surface area contributed by atoms with Crippen molar-refractivity contribution in [1.29, 1.82) is 0 Å². The van der Waals surface area contributed by atoms with E-state index in [9.17, 15) is 14.4 Å². The average Bonchev–Trinajstić information content (AvgIpc) is 3.35. The molecule has 38 heavy (non-hydrogen) atoms. The number of benzene rings is 2. The van der Waals surface area contributed by atoms with Gasteiger partial charge < -0.3 is 10.1 Å². The van der Waals surface area contributed by atoms with Crippen LogP contribution in [0.4, 0.5) is 5.69 Å². The molecule has 1 N–H and O–H groups in total. The fourth-order valence-electron chi connectivity index (χ4n) is 4.53. The number of nitrogens with zero attached hydrogens (tertiary/aromatic N) is 4. The van der Waals surface area contributed by atoms with Gasteiger partial charge in [0.25, 0.3) is 11.1 Å². The third kappa shape index (κ3) is 4.43. The highest BCUT2D eigenvalue weighted by Gasteiger charge is 2.21. The third-order valence-electron chi connectivity index (χ3n) is 6.44. The van der Waals surface area contributed by atoms with E-state index in [0.29, 0.717) is 28.2 Å². The lowest BCUT2D eigenvalue weighted by Crippen LogP contribution is -2.29. The zero-order valence-corrected chi connectivity index (χ0v) is 22.3. The molecule has 0 aliphatic heterocycles. The Morgan fingerprint density at radius 3 is 2.42 bits per heavy atom. The van der Waals surface area contributed by atoms with Crippen molar-refractivity contribution in [2.75, 3.05) is 11.9 Å². The van der Waals surface area contributed by atoms with Crippen LogP contribution in [0, 0.1) is 13.8 Å². The van der Waals surface area contributed by atoms with Crippen molar-refractivity contribution in [1.82, 2.24) is 18.9 Å². The predicted octanol–water partition coefficient (Wildman–Crippen LogP) is 4.27. The molecule has 0 bridgehead atoms. The van der Waals surface area contributed by atoms with E-state index in [-0.39, 0.29) is 23.4 Å². The molecule has 0 aliphatic rings. The van der Waals surface area contributed by atoms with E-state index < -0.39 is 5.91 Å². The number of amides is 1. The number of aryl methyl sites for hydroxylation is 1. The standard InChI is InChI=1S/C28H27N5O4S/c1-5-37-21-13-11-19(12-14-21)23-18(3)38-26-24(23)27(35)32(16-29-26)15-22(34)30-25-17(2)31(4)33(28(25)36)20-9-7-6-8-10-20/h6-14,16H,5,15H2,1-4H3,(H,30,34). The van der Waals surface area contributed by atoms with Crippen LogP contribution in [-0.4, -0.2) is 31.4 Å². The maximum absolute atomic E-state index is 13.5. The van der Waals surface area contributed by atoms with Crippen LogP contribution in [0.2, 0.25) is 0 Å². The van der Waals surface area contributed by atoms with E-state index in [2.05, 4.69) is 10.3 Å². The van der Waals surface area contributed by atoms with Crippen molar-refractivity contribution in [3.8, 4) is 22.6 Å². The lowest BCUT2D eigenvalue weighted by molar-refractivity contribution is -0.116. The van der Waals surface area contributed by atoms with Gasteiger partial charge in [-0.1, -0.05) is 30.3 Å². The Bertz CT molecular complexity index is 1760. The van der Waals surface area contributed by atoms with Crippen molar-refractivity contribution < 1.29 is 9.53 Å². The van der Waals surface area contributed by atoms with Crippen molar-refractivity contribution in [2.24, 2.45) is 7.05 Å². The number of nitrogens with one attached hydrogen (secondary N) is 1. The van der Waals surface area contributed by atoms with Gasteiger partial charge in [-0.15, -0.1) is 11.3 Å². The molecule has 9 nitrogen and oxygen atoms in total. The van der Waals surface area contributed by atoms with Crippen LogP contribution < -0.4 is 21.2 Å². The Morgan fingerprint density at radius 2 is 1.74 bits per heavy atom. The second-order valence-electron chi connectivity index (χ2n) is 8.83. The van der Waals surface area contributed by atoms with Crippen LogP contribution in [0.15, 0.2) is 70.5 Å². The zero-order chi connectivity index (χ0) is 27.0. The molecule has 0 fully saturated rings. The van der Waals surface area contributed by atoms with Gasteiger partial charge in [0.05, 0.1) is 29.7 Å². The second kappa shape index (κ2) is 10.1. The predicted molar refractivity (Wildman–Crippen MR) is 150 cm³/mol. The average molecular weight is 530 g/mol. The maximum Gasteiger partial charge on any atom is 0.295 e. The molecule has 5 aromatic rings. The van der Waals surface area contributed by atoms with Crippen molar-refractivity contribution >= 4 is 33.1 Å².